The molecule has 286 valence electrons. The number of methoxy groups -OCH3 is 1. The molecule has 2 aromatic heterocycles. The van der Waals surface area contributed by atoms with Crippen molar-refractivity contribution in [2.24, 2.45) is 11.3 Å². The number of β-amino-alcohol motifs (C(OH)–C–C–N with tert-alkyl or cyclic N) is 1. The van der Waals surface area contributed by atoms with E-state index in [9.17, 15) is 10.2 Å². The number of aliphatic hydroxyl groups is 2. The number of hydrogen-bond acceptors (Lipinski definition) is 11. The summed E-state index contributed by atoms with van der Waals surface area (Å²) in [6.45, 7) is 5.58. The third-order valence-electron chi connectivity index (χ3n) is 11.8. The molecule has 0 radical (unpaired) electrons. The molecule has 4 aliphatic rings. The smallest absolute Gasteiger partial charge is 0.319 e. The molecule has 3 unspecified atom stereocenters. The van der Waals surface area contributed by atoms with Gasteiger partial charge in [0.05, 0.1) is 33.0 Å². The van der Waals surface area contributed by atoms with E-state index in [1.54, 1.807) is 6.07 Å². The average molecular weight is 736 g/mol. The molecule has 3 N–H and O–H groups in total. The van der Waals surface area contributed by atoms with Crippen LogP contribution in [0.15, 0.2) is 24.3 Å². The van der Waals surface area contributed by atoms with Crippen molar-refractivity contribution in [1.29, 1.82) is 0 Å². The standard InChI is InChI=1S/C39H47F2N5O5.CH4O/c1-3-27-29(40)11-10-24-17-25(47)18-28(31(24)27)34-33(41)35-32(37(42-34)49-2)36(46-15-16-50-21-26(48)20-46)44-38(43-35)51-22-39-12-5-9-30(39)45(14-6-13-39)19-23-7-4-8-23;1-2/h10-11,17-18,23,26,30,47-48H,3-9,12-16,19-22H2,1-2H3;2H,1H3. The van der Waals surface area contributed by atoms with Crippen LogP contribution in [0.3, 0.4) is 0 Å². The van der Waals surface area contributed by atoms with E-state index >= 15 is 8.78 Å². The second-order valence-electron chi connectivity index (χ2n) is 14.9. The van der Waals surface area contributed by atoms with E-state index in [0.717, 1.165) is 58.2 Å². The Labute approximate surface area is 308 Å². The number of piperidine rings is 1. The van der Waals surface area contributed by atoms with Gasteiger partial charge in [-0.3, -0.25) is 4.90 Å². The number of phenols is 1. The highest BCUT2D eigenvalue weighted by Gasteiger charge is 2.49. The van der Waals surface area contributed by atoms with Crippen LogP contribution < -0.4 is 14.4 Å². The van der Waals surface area contributed by atoms with Crippen molar-refractivity contribution < 1.29 is 38.3 Å². The highest BCUT2D eigenvalue weighted by molar-refractivity contribution is 6.03. The summed E-state index contributed by atoms with van der Waals surface area (Å²) in [4.78, 5) is 18.8. The molecule has 2 aliphatic carbocycles. The maximum atomic E-state index is 17.2. The van der Waals surface area contributed by atoms with Crippen molar-refractivity contribution in [2.75, 3.05) is 65.1 Å². The van der Waals surface area contributed by atoms with Crippen LogP contribution in [0.5, 0.6) is 17.6 Å². The Balaban J connectivity index is 0.00000214. The Hall–Kier alpha value is -3.91. The van der Waals surface area contributed by atoms with Crippen LogP contribution >= 0.6 is 0 Å². The van der Waals surface area contributed by atoms with Gasteiger partial charge in [0.1, 0.15) is 34.0 Å². The third kappa shape index (κ3) is 7.08. The first-order valence-corrected chi connectivity index (χ1v) is 19.0. The molecule has 2 saturated heterocycles. The van der Waals surface area contributed by atoms with Crippen molar-refractivity contribution >= 4 is 27.5 Å². The summed E-state index contributed by atoms with van der Waals surface area (Å²) in [6.07, 6.45) is 9.03. The van der Waals surface area contributed by atoms with Crippen LogP contribution in [0.4, 0.5) is 14.6 Å². The monoisotopic (exact) mass is 735 g/mol. The molecule has 4 aromatic rings. The van der Waals surface area contributed by atoms with Gasteiger partial charge in [-0.05, 0) is 91.9 Å². The fraction of sp³-hybridized carbons (Fsp3) is 0.575. The summed E-state index contributed by atoms with van der Waals surface area (Å²) in [6, 6.07) is 6.32. The predicted molar refractivity (Wildman–Crippen MR) is 199 cm³/mol. The van der Waals surface area contributed by atoms with Crippen LogP contribution in [0.25, 0.3) is 32.9 Å². The second kappa shape index (κ2) is 15.8. The van der Waals surface area contributed by atoms with Gasteiger partial charge in [-0.1, -0.05) is 25.8 Å². The number of phenolic OH excluding ortho intramolecular Hbond substituents is 1. The first kappa shape index (κ1) is 37.4. The number of hydrogen-bond donors (Lipinski definition) is 3. The van der Waals surface area contributed by atoms with Gasteiger partial charge in [-0.15, -0.1) is 0 Å². The molecule has 4 fully saturated rings. The number of benzene rings is 2. The van der Waals surface area contributed by atoms with Crippen LogP contribution in [0.1, 0.15) is 63.9 Å². The molecule has 3 atom stereocenters. The Morgan fingerprint density at radius 2 is 1.81 bits per heavy atom. The molecule has 11 nitrogen and oxygen atoms in total. The molecule has 53 heavy (non-hydrogen) atoms. The Morgan fingerprint density at radius 1 is 1.00 bits per heavy atom. The molecule has 0 amide bonds. The minimum atomic E-state index is -0.798. The van der Waals surface area contributed by atoms with E-state index in [2.05, 4.69) is 9.88 Å². The van der Waals surface area contributed by atoms with Gasteiger partial charge in [-0.2, -0.15) is 9.97 Å². The molecule has 0 bridgehead atoms. The van der Waals surface area contributed by atoms with Gasteiger partial charge in [0, 0.05) is 43.8 Å². The molecule has 13 heteroatoms. The van der Waals surface area contributed by atoms with Crippen molar-refractivity contribution in [3.05, 3.63) is 41.5 Å². The molecular formula is C40H51F2N5O6. The number of anilines is 1. The number of ether oxygens (including phenoxy) is 3. The topological polar surface area (TPSA) is 134 Å². The molecule has 0 spiro atoms. The van der Waals surface area contributed by atoms with E-state index in [1.165, 1.54) is 44.6 Å². The van der Waals surface area contributed by atoms with E-state index in [-0.39, 0.29) is 58.4 Å². The minimum Gasteiger partial charge on any atom is -0.508 e. The van der Waals surface area contributed by atoms with Gasteiger partial charge in [0.25, 0.3) is 0 Å². The van der Waals surface area contributed by atoms with Crippen molar-refractivity contribution in [3.63, 3.8) is 0 Å². The molecule has 2 aromatic carbocycles. The molecule has 8 rings (SSSR count). The van der Waals surface area contributed by atoms with Gasteiger partial charge >= 0.3 is 6.01 Å². The first-order chi connectivity index (χ1) is 25.8. The zero-order valence-electron chi connectivity index (χ0n) is 30.9. The van der Waals surface area contributed by atoms with E-state index in [4.69, 9.17) is 29.3 Å². The van der Waals surface area contributed by atoms with Gasteiger partial charge in [-0.25, -0.2) is 13.8 Å². The average Bonchev–Trinajstić information content (AvgIpc) is 3.47. The Bertz CT molecular complexity index is 1950. The largest absolute Gasteiger partial charge is 0.508 e. The number of likely N-dealkylation sites (tertiary alicyclic amines) is 1. The maximum Gasteiger partial charge on any atom is 0.319 e. The number of rotatable bonds is 9. The number of aromatic nitrogens is 3. The van der Waals surface area contributed by atoms with Crippen molar-refractivity contribution in [1.82, 2.24) is 19.9 Å². The second-order valence-corrected chi connectivity index (χ2v) is 14.9. The lowest BCUT2D eigenvalue weighted by Gasteiger charge is -2.48. The van der Waals surface area contributed by atoms with Crippen LogP contribution in [0, 0.1) is 23.0 Å². The van der Waals surface area contributed by atoms with Crippen LogP contribution in [-0.4, -0.2) is 108 Å². The lowest BCUT2D eigenvalue weighted by atomic mass is 9.74. The van der Waals surface area contributed by atoms with E-state index in [0.29, 0.717) is 54.4 Å². The Morgan fingerprint density at radius 3 is 2.57 bits per heavy atom. The highest BCUT2D eigenvalue weighted by Crippen LogP contribution is 2.49. The van der Waals surface area contributed by atoms with Crippen LogP contribution in [-0.2, 0) is 11.2 Å². The SMILES string of the molecule is CCc1c(F)ccc2cc(O)cc(-c3nc(OC)c4c(N5CCOCC(O)C5)nc(OCC56CCCC5N(CC5CCC5)CCC6)nc4c3F)c12.CO. The summed E-state index contributed by atoms with van der Waals surface area (Å²) >= 11 is 0. The molecule has 2 aliphatic heterocycles. The fourth-order valence-electron chi connectivity index (χ4n) is 9.19. The molecular weight excluding hydrogens is 684 g/mol. The predicted octanol–water partition coefficient (Wildman–Crippen LogP) is 6.02. The van der Waals surface area contributed by atoms with Crippen LogP contribution in [0.2, 0.25) is 0 Å². The van der Waals surface area contributed by atoms with E-state index < -0.39 is 17.7 Å². The summed E-state index contributed by atoms with van der Waals surface area (Å²) in [5.41, 5.74) is 0.370. The number of aromatic hydroxyl groups is 1. The highest BCUT2D eigenvalue weighted by atomic mass is 19.1. The zero-order chi connectivity index (χ0) is 37.3. The zero-order valence-corrected chi connectivity index (χ0v) is 30.9. The molecule has 2 saturated carbocycles. The normalized spacial score (nSPS) is 23.6. The lowest BCUT2D eigenvalue weighted by molar-refractivity contribution is -0.0133. The number of halogens is 2. The van der Waals surface area contributed by atoms with E-state index in [1.807, 2.05) is 11.8 Å². The van der Waals surface area contributed by atoms with Gasteiger partial charge in [0.2, 0.25) is 5.88 Å². The minimum absolute atomic E-state index is 0.0339. The lowest BCUT2D eigenvalue weighted by Crippen LogP contribution is -2.53. The number of aryl methyl sites for hydroxylation is 1. The summed E-state index contributed by atoms with van der Waals surface area (Å²) in [7, 11) is 2.44. The number of nitrogens with zero attached hydrogens (tertiary/aromatic N) is 5. The van der Waals surface area contributed by atoms with Gasteiger partial charge < -0.3 is 34.4 Å². The summed E-state index contributed by atoms with van der Waals surface area (Å²) in [5, 5.41) is 29.7. The van der Waals surface area contributed by atoms with Crippen molar-refractivity contribution in [2.45, 2.75) is 76.9 Å². The summed E-state index contributed by atoms with van der Waals surface area (Å²) < 4.78 is 50.4. The third-order valence-corrected chi connectivity index (χ3v) is 11.8. The molecule has 4 heterocycles. The number of pyridine rings is 1. The number of fused-ring (bicyclic) bond motifs is 3. The van der Waals surface area contributed by atoms with Gasteiger partial charge in [0.15, 0.2) is 5.82 Å². The number of aliphatic hydroxyl groups excluding tert-OH is 2. The maximum absolute atomic E-state index is 17.2. The summed E-state index contributed by atoms with van der Waals surface area (Å²) in [5.74, 6) is -0.137. The van der Waals surface area contributed by atoms with Crippen molar-refractivity contribution in [3.8, 4) is 28.9 Å². The quantitative estimate of drug-likeness (QED) is 0.187. The first-order valence-electron chi connectivity index (χ1n) is 19.0. The Kier molecular flexibility index (Phi) is 11.2. The fourth-order valence-corrected chi connectivity index (χ4v) is 9.19.